The van der Waals surface area contributed by atoms with E-state index in [0.29, 0.717) is 5.56 Å². The molecular weight excluding hydrogens is 1120 g/mol. The van der Waals surface area contributed by atoms with Crippen LogP contribution in [0, 0.1) is 0 Å². The van der Waals surface area contributed by atoms with Gasteiger partial charge in [0, 0.05) is 13.1 Å². The Bertz CT molecular complexity index is 1590. The van der Waals surface area contributed by atoms with Crippen molar-refractivity contribution < 1.29 is 19.8 Å². The molecule has 6 heteroatoms. The number of nitrogens with zero attached hydrogens (tertiary/aromatic N) is 2. The number of carboxylic acids is 2. The van der Waals surface area contributed by atoms with Gasteiger partial charge in [-0.25, -0.2) is 0 Å². The van der Waals surface area contributed by atoms with Crippen LogP contribution in [-0.2, 0) is 35.3 Å². The average Bonchev–Trinajstić information content (AvgIpc) is 0.862. The monoisotopic (exact) mass is 1290 g/mol. The Morgan fingerprint density at radius 3 is 0.620 bits per heavy atom. The van der Waals surface area contributed by atoms with Crippen LogP contribution < -0.4 is 0 Å². The van der Waals surface area contributed by atoms with Crippen LogP contribution in [0.2, 0.25) is 0 Å². The number of hydrogen-bond acceptors (Lipinski definition) is 4. The van der Waals surface area contributed by atoms with Crippen molar-refractivity contribution in [1.82, 2.24) is 9.80 Å². The molecule has 0 spiro atoms. The molecular formula is C86H164N2O4. The van der Waals surface area contributed by atoms with E-state index in [9.17, 15) is 19.8 Å². The fourth-order valence-electron chi connectivity index (χ4n) is 14.8. The molecule has 0 bridgehead atoms. The van der Waals surface area contributed by atoms with Crippen LogP contribution in [0.25, 0.3) is 0 Å². The molecule has 1 aromatic rings. The minimum Gasteiger partial charge on any atom is -0.481 e. The van der Waals surface area contributed by atoms with Crippen molar-refractivity contribution >= 4 is 11.9 Å². The summed E-state index contributed by atoms with van der Waals surface area (Å²) < 4.78 is 0. The molecule has 1 rings (SSSR count). The quantitative estimate of drug-likeness (QED) is 0.0633. The topological polar surface area (TPSA) is 81.1 Å². The maximum Gasteiger partial charge on any atom is 0.307 e. The van der Waals surface area contributed by atoms with Crippen LogP contribution in [0.4, 0.5) is 0 Å². The molecule has 0 aliphatic rings. The third-order valence-electron chi connectivity index (χ3n) is 21.0. The van der Waals surface area contributed by atoms with Gasteiger partial charge in [-0.1, -0.05) is 425 Å². The number of hydrogen-bond donors (Lipinski definition) is 2. The van der Waals surface area contributed by atoms with E-state index in [1.54, 1.807) is 0 Å². The molecule has 0 aromatic heterocycles. The van der Waals surface area contributed by atoms with E-state index in [1.165, 1.54) is 416 Å². The summed E-state index contributed by atoms with van der Waals surface area (Å²) >= 11 is 0. The molecule has 0 unspecified atom stereocenters. The van der Waals surface area contributed by atoms with Crippen LogP contribution in [-0.4, -0.2) is 71.2 Å². The first-order valence-electron chi connectivity index (χ1n) is 42.4. The normalized spacial score (nSPS) is 11.8. The first-order chi connectivity index (χ1) is 45.4. The van der Waals surface area contributed by atoms with Gasteiger partial charge in [-0.3, -0.25) is 9.59 Å². The molecule has 0 saturated carbocycles. The van der Waals surface area contributed by atoms with Gasteiger partial charge in [0.05, 0.1) is 12.8 Å². The van der Waals surface area contributed by atoms with E-state index in [-0.39, 0.29) is 12.8 Å². The highest BCUT2D eigenvalue weighted by Gasteiger charge is 2.20. The van der Waals surface area contributed by atoms with Crippen molar-refractivity contribution in [3.05, 3.63) is 34.4 Å². The van der Waals surface area contributed by atoms with Crippen molar-refractivity contribution in [3.8, 4) is 0 Å². The van der Waals surface area contributed by atoms with Gasteiger partial charge in [0.2, 0.25) is 0 Å². The maximum absolute atomic E-state index is 12.7. The third kappa shape index (κ3) is 60.5. The summed E-state index contributed by atoms with van der Waals surface area (Å²) in [6, 6.07) is 4.18. The molecule has 1 aromatic carbocycles. The highest BCUT2D eigenvalue weighted by atomic mass is 16.4. The van der Waals surface area contributed by atoms with Crippen molar-refractivity contribution in [1.29, 1.82) is 0 Å². The van der Waals surface area contributed by atoms with Crippen molar-refractivity contribution in [2.75, 3.05) is 39.3 Å². The molecule has 0 aliphatic carbocycles. The number of unbranched alkanes of at least 4 members (excludes halogenated alkanes) is 60. The Morgan fingerprint density at radius 1 is 0.228 bits per heavy atom. The lowest BCUT2D eigenvalue weighted by Crippen LogP contribution is -2.30. The number of rotatable bonds is 78. The molecule has 2 N–H and O–H groups in total. The molecule has 0 aliphatic heterocycles. The Kier molecular flexibility index (Phi) is 68.8. The second-order valence-electron chi connectivity index (χ2n) is 29.9. The predicted molar refractivity (Wildman–Crippen MR) is 408 cm³/mol. The maximum atomic E-state index is 12.7. The Labute approximate surface area is 576 Å². The van der Waals surface area contributed by atoms with Gasteiger partial charge in [-0.15, -0.1) is 0 Å². The van der Waals surface area contributed by atoms with Crippen molar-refractivity contribution in [2.24, 2.45) is 0 Å². The van der Waals surface area contributed by atoms with Crippen LogP contribution in [0.5, 0.6) is 0 Å². The minimum absolute atomic E-state index is 0.105. The lowest BCUT2D eigenvalue weighted by Gasteiger charge is -2.26. The largest absolute Gasteiger partial charge is 0.481 e. The van der Waals surface area contributed by atoms with Crippen molar-refractivity contribution in [2.45, 2.75) is 464 Å². The van der Waals surface area contributed by atoms with Gasteiger partial charge in [-0.05, 0) is 87.0 Å². The molecule has 0 saturated heterocycles. The van der Waals surface area contributed by atoms with E-state index in [1.807, 2.05) is 6.07 Å². The van der Waals surface area contributed by atoms with Gasteiger partial charge < -0.3 is 20.0 Å². The van der Waals surface area contributed by atoms with Crippen molar-refractivity contribution in [3.63, 3.8) is 0 Å². The molecule has 0 radical (unpaired) electrons. The lowest BCUT2D eigenvalue weighted by atomic mass is 9.88. The van der Waals surface area contributed by atoms with Gasteiger partial charge in [-0.2, -0.15) is 0 Å². The summed E-state index contributed by atoms with van der Waals surface area (Å²) in [5.74, 6) is -1.74. The van der Waals surface area contributed by atoms with Gasteiger partial charge >= 0.3 is 11.9 Å². The van der Waals surface area contributed by atoms with Crippen LogP contribution in [0.15, 0.2) is 12.1 Å². The first-order valence-corrected chi connectivity index (χ1v) is 42.4. The fraction of sp³-hybridized carbons (Fsp3) is 0.907. The molecule has 0 amide bonds. The first kappa shape index (κ1) is 88.1. The lowest BCUT2D eigenvalue weighted by molar-refractivity contribution is -0.137. The molecule has 542 valence electrons. The molecule has 0 heterocycles. The van der Waals surface area contributed by atoms with Crippen LogP contribution in [0.3, 0.4) is 0 Å². The van der Waals surface area contributed by atoms with E-state index >= 15 is 0 Å². The number of carboxylic acid groups (broad SMARTS) is 2. The zero-order valence-electron chi connectivity index (χ0n) is 63.1. The molecule has 0 fully saturated rings. The summed E-state index contributed by atoms with van der Waals surface area (Å²) in [4.78, 5) is 30.5. The number of aliphatic carboxylic acids is 2. The predicted octanol–water partition coefficient (Wildman–Crippen LogP) is 27.7. The van der Waals surface area contributed by atoms with Crippen LogP contribution >= 0.6 is 0 Å². The van der Waals surface area contributed by atoms with Gasteiger partial charge in [0.25, 0.3) is 0 Å². The van der Waals surface area contributed by atoms with E-state index in [2.05, 4.69) is 43.6 Å². The summed E-state index contributed by atoms with van der Waals surface area (Å²) in [5.41, 5.74) is 3.87. The molecule has 6 nitrogen and oxygen atoms in total. The number of benzene rings is 1. The SMILES string of the molecule is CCCCCCCCCCCCCCCCCCN(CCCCCCCCCCCCCCCCCC)CCc1ccc(CC(=O)O)c(CC(=O)O)c1CCN(CCCCCCCCCCCCCCCCCC)CCCCCCCCCCCCCCCCCC. The smallest absolute Gasteiger partial charge is 0.307 e. The highest BCUT2D eigenvalue weighted by Crippen LogP contribution is 2.26. The third-order valence-corrected chi connectivity index (χ3v) is 21.0. The zero-order chi connectivity index (χ0) is 66.4. The molecule has 0 atom stereocenters. The summed E-state index contributed by atoms with van der Waals surface area (Å²) in [7, 11) is 0. The fourth-order valence-corrected chi connectivity index (χ4v) is 14.8. The second-order valence-corrected chi connectivity index (χ2v) is 29.9. The van der Waals surface area contributed by atoms with Gasteiger partial charge in [0.15, 0.2) is 0 Å². The highest BCUT2D eigenvalue weighted by molar-refractivity contribution is 5.75. The van der Waals surface area contributed by atoms with E-state index in [4.69, 9.17) is 0 Å². The summed E-state index contributed by atoms with van der Waals surface area (Å²) in [6.45, 7) is 15.6. The zero-order valence-corrected chi connectivity index (χ0v) is 63.1. The van der Waals surface area contributed by atoms with Crippen LogP contribution in [0.1, 0.15) is 461 Å². The minimum atomic E-state index is -0.882. The van der Waals surface area contributed by atoms with E-state index < -0.39 is 11.9 Å². The Morgan fingerprint density at radius 2 is 0.413 bits per heavy atom. The Hall–Kier alpha value is -1.92. The molecule has 92 heavy (non-hydrogen) atoms. The Balaban J connectivity index is 3.02. The summed E-state index contributed by atoms with van der Waals surface area (Å²) in [6.07, 6.45) is 90.0. The van der Waals surface area contributed by atoms with E-state index in [0.717, 1.165) is 63.2 Å². The average molecular weight is 1290 g/mol. The second kappa shape index (κ2) is 71.8. The van der Waals surface area contributed by atoms with Gasteiger partial charge in [0.1, 0.15) is 0 Å². The summed E-state index contributed by atoms with van der Waals surface area (Å²) in [5, 5.41) is 20.6. The number of carbonyl (C=O) groups is 2. The standard InChI is InChI=1S/C86H164N2O4/c1-5-9-13-17-21-25-29-33-37-41-45-49-53-57-61-65-73-87(74-66-62-58-54-50-46-42-38-34-30-26-22-18-14-10-6-2)77-71-81-69-70-82(79-85(89)90)84(80-86(91)92)83(81)72-78-88(75-67-63-59-55-51-47-43-39-35-31-27-23-19-15-11-7-3)76-68-64-60-56-52-48-44-40-36-32-28-24-20-16-12-8-4/h69-70H,5-68,71-80H2,1-4H3,(H,89,90)(H,91,92).